The molecule has 2 amide bonds. The minimum absolute atomic E-state index is 0.0525. The zero-order chi connectivity index (χ0) is 22.2. The second-order valence-electron chi connectivity index (χ2n) is 7.51. The van der Waals surface area contributed by atoms with Crippen LogP contribution in [0.15, 0.2) is 42.5 Å². The van der Waals surface area contributed by atoms with Gasteiger partial charge in [-0.2, -0.15) is 0 Å². The first-order chi connectivity index (χ1) is 15.0. The third-order valence-electron chi connectivity index (χ3n) is 5.52. The Bertz CT molecular complexity index is 897. The third-order valence-corrected chi connectivity index (χ3v) is 5.52. The predicted molar refractivity (Wildman–Crippen MR) is 118 cm³/mol. The van der Waals surface area contributed by atoms with Crippen LogP contribution in [0.3, 0.4) is 0 Å². The lowest BCUT2D eigenvalue weighted by atomic mass is 10.1. The van der Waals surface area contributed by atoms with Crippen molar-refractivity contribution in [3.05, 3.63) is 53.6 Å². The summed E-state index contributed by atoms with van der Waals surface area (Å²) in [6.07, 6.45) is 1.41. The van der Waals surface area contributed by atoms with Gasteiger partial charge in [0.1, 0.15) is 5.75 Å². The molecule has 3 rings (SSSR count). The first-order valence-electron chi connectivity index (χ1n) is 10.4. The van der Waals surface area contributed by atoms with Crippen LogP contribution < -0.4 is 14.2 Å². The fourth-order valence-electron chi connectivity index (χ4n) is 3.72. The second kappa shape index (κ2) is 10.7. The van der Waals surface area contributed by atoms with Crippen LogP contribution in [0.5, 0.6) is 17.2 Å². The molecule has 2 aromatic rings. The topological polar surface area (TPSA) is 68.3 Å². The first-order valence-corrected chi connectivity index (χ1v) is 10.4. The van der Waals surface area contributed by atoms with E-state index >= 15 is 0 Å². The van der Waals surface area contributed by atoms with E-state index in [1.54, 1.807) is 21.3 Å². The molecule has 7 nitrogen and oxygen atoms in total. The van der Waals surface area contributed by atoms with Crippen molar-refractivity contribution in [2.24, 2.45) is 0 Å². The van der Waals surface area contributed by atoms with Gasteiger partial charge in [-0.1, -0.05) is 18.2 Å². The molecule has 1 aliphatic heterocycles. The number of ether oxygens (including phenoxy) is 3. The van der Waals surface area contributed by atoms with E-state index in [0.717, 1.165) is 23.3 Å². The van der Waals surface area contributed by atoms with Gasteiger partial charge in [0.05, 0.1) is 34.2 Å². The Hall–Kier alpha value is -3.22. The summed E-state index contributed by atoms with van der Waals surface area (Å²) in [5.74, 6) is 2.16. The van der Waals surface area contributed by atoms with Crippen LogP contribution in [0.25, 0.3) is 0 Å². The van der Waals surface area contributed by atoms with E-state index in [9.17, 15) is 9.59 Å². The zero-order valence-corrected chi connectivity index (χ0v) is 18.4. The molecule has 1 heterocycles. The molecule has 0 atom stereocenters. The zero-order valence-electron chi connectivity index (χ0n) is 18.4. The van der Waals surface area contributed by atoms with Crippen molar-refractivity contribution in [1.29, 1.82) is 0 Å². The van der Waals surface area contributed by atoms with Crippen LogP contribution in [0.4, 0.5) is 0 Å². The Kier molecular flexibility index (Phi) is 7.76. The first kappa shape index (κ1) is 22.5. The Morgan fingerprint density at radius 2 is 1.26 bits per heavy atom. The van der Waals surface area contributed by atoms with Crippen LogP contribution >= 0.6 is 0 Å². The molecule has 0 aliphatic carbocycles. The van der Waals surface area contributed by atoms with Crippen LogP contribution in [0, 0.1) is 0 Å². The quantitative estimate of drug-likeness (QED) is 0.681. The SMILES string of the molecule is COc1ccc(CC(=O)N2CCCN(C(=O)Cc3ccc(OC)c(OC)c3)CC2)cc1. The van der Waals surface area contributed by atoms with E-state index in [4.69, 9.17) is 14.2 Å². The largest absolute Gasteiger partial charge is 0.497 e. The van der Waals surface area contributed by atoms with Gasteiger partial charge in [0, 0.05) is 26.2 Å². The van der Waals surface area contributed by atoms with Crippen molar-refractivity contribution < 1.29 is 23.8 Å². The van der Waals surface area contributed by atoms with E-state index in [0.29, 0.717) is 50.5 Å². The number of carbonyl (C=O) groups excluding carboxylic acids is 2. The number of hydrogen-bond donors (Lipinski definition) is 0. The highest BCUT2D eigenvalue weighted by molar-refractivity contribution is 5.80. The summed E-state index contributed by atoms with van der Waals surface area (Å²) < 4.78 is 15.7. The van der Waals surface area contributed by atoms with E-state index in [-0.39, 0.29) is 11.8 Å². The average molecular weight is 427 g/mol. The fourth-order valence-corrected chi connectivity index (χ4v) is 3.72. The third kappa shape index (κ3) is 5.90. The fraction of sp³-hybridized carbons (Fsp3) is 0.417. The summed E-state index contributed by atoms with van der Waals surface area (Å²) in [7, 11) is 4.78. The molecule has 0 radical (unpaired) electrons. The van der Waals surface area contributed by atoms with E-state index in [1.807, 2.05) is 52.3 Å². The van der Waals surface area contributed by atoms with E-state index in [1.165, 1.54) is 0 Å². The molecule has 1 aliphatic rings. The smallest absolute Gasteiger partial charge is 0.227 e. The van der Waals surface area contributed by atoms with Crippen molar-refractivity contribution in [3.63, 3.8) is 0 Å². The van der Waals surface area contributed by atoms with Crippen molar-refractivity contribution in [2.45, 2.75) is 19.3 Å². The lowest BCUT2D eigenvalue weighted by molar-refractivity contribution is -0.132. The molecule has 0 bridgehead atoms. The number of rotatable bonds is 7. The summed E-state index contributed by atoms with van der Waals surface area (Å²) in [4.78, 5) is 29.3. The second-order valence-corrected chi connectivity index (χ2v) is 7.51. The molecule has 7 heteroatoms. The van der Waals surface area contributed by atoms with Gasteiger partial charge in [-0.25, -0.2) is 0 Å². The van der Waals surface area contributed by atoms with E-state index < -0.39 is 0 Å². The van der Waals surface area contributed by atoms with Gasteiger partial charge >= 0.3 is 0 Å². The highest BCUT2D eigenvalue weighted by atomic mass is 16.5. The summed E-state index contributed by atoms with van der Waals surface area (Å²) >= 11 is 0. The number of amides is 2. The van der Waals surface area contributed by atoms with E-state index in [2.05, 4.69) is 0 Å². The summed E-state index contributed by atoms with van der Waals surface area (Å²) in [6, 6.07) is 13.1. The summed E-state index contributed by atoms with van der Waals surface area (Å²) in [6.45, 7) is 2.40. The molecule has 1 fully saturated rings. The lowest BCUT2D eigenvalue weighted by Crippen LogP contribution is -2.38. The molecular weight excluding hydrogens is 396 g/mol. The molecule has 1 saturated heterocycles. The average Bonchev–Trinajstić information content (AvgIpc) is 3.06. The van der Waals surface area contributed by atoms with Crippen molar-refractivity contribution in [1.82, 2.24) is 9.80 Å². The minimum atomic E-state index is 0.0525. The molecule has 0 aromatic heterocycles. The number of nitrogens with zero attached hydrogens (tertiary/aromatic N) is 2. The molecule has 2 aromatic carbocycles. The summed E-state index contributed by atoms with van der Waals surface area (Å²) in [5, 5.41) is 0. The van der Waals surface area contributed by atoms with Crippen molar-refractivity contribution >= 4 is 11.8 Å². The molecule has 0 N–H and O–H groups in total. The Morgan fingerprint density at radius 3 is 1.81 bits per heavy atom. The van der Waals surface area contributed by atoms with Gasteiger partial charge in [-0.15, -0.1) is 0 Å². The number of methoxy groups -OCH3 is 3. The normalized spacial score (nSPS) is 14.0. The maximum absolute atomic E-state index is 12.8. The van der Waals surface area contributed by atoms with Crippen LogP contribution in [-0.4, -0.2) is 69.1 Å². The standard InChI is InChI=1S/C24H30N2O5/c1-29-20-8-5-18(6-9-20)16-23(27)25-11-4-12-26(14-13-25)24(28)17-19-7-10-21(30-2)22(15-19)31-3/h5-10,15H,4,11-14,16-17H2,1-3H3. The molecule has 0 saturated carbocycles. The van der Waals surface area contributed by atoms with Crippen LogP contribution in [0.1, 0.15) is 17.5 Å². The maximum Gasteiger partial charge on any atom is 0.227 e. The molecule has 0 spiro atoms. The highest BCUT2D eigenvalue weighted by Crippen LogP contribution is 2.28. The van der Waals surface area contributed by atoms with Crippen LogP contribution in [0.2, 0.25) is 0 Å². The van der Waals surface area contributed by atoms with Gasteiger partial charge < -0.3 is 24.0 Å². The summed E-state index contributed by atoms with van der Waals surface area (Å²) in [5.41, 5.74) is 1.83. The Labute approximate surface area is 183 Å². The Morgan fingerprint density at radius 1 is 0.710 bits per heavy atom. The molecule has 166 valence electrons. The van der Waals surface area contributed by atoms with Crippen molar-refractivity contribution in [3.8, 4) is 17.2 Å². The van der Waals surface area contributed by atoms with Gasteiger partial charge in [-0.05, 0) is 41.8 Å². The lowest BCUT2D eigenvalue weighted by Gasteiger charge is -2.22. The van der Waals surface area contributed by atoms with Crippen molar-refractivity contribution in [2.75, 3.05) is 47.5 Å². The molecule has 31 heavy (non-hydrogen) atoms. The number of carbonyl (C=O) groups is 2. The molecule has 0 unspecified atom stereocenters. The van der Waals surface area contributed by atoms with Crippen LogP contribution in [-0.2, 0) is 22.4 Å². The Balaban J connectivity index is 1.55. The number of benzene rings is 2. The highest BCUT2D eigenvalue weighted by Gasteiger charge is 2.22. The molecular formula is C24H30N2O5. The van der Waals surface area contributed by atoms with Gasteiger partial charge in [0.2, 0.25) is 11.8 Å². The maximum atomic E-state index is 12.8. The predicted octanol–water partition coefficient (Wildman–Crippen LogP) is 2.56. The van der Waals surface area contributed by atoms with Gasteiger partial charge in [0.15, 0.2) is 11.5 Å². The monoisotopic (exact) mass is 426 g/mol. The minimum Gasteiger partial charge on any atom is -0.497 e. The van der Waals surface area contributed by atoms with Gasteiger partial charge in [-0.3, -0.25) is 9.59 Å². The van der Waals surface area contributed by atoms with Gasteiger partial charge in [0.25, 0.3) is 0 Å². The number of hydrogen-bond acceptors (Lipinski definition) is 5.